The Kier molecular flexibility index (Phi) is 7.05. The number of nitrogens with zero attached hydrogens (tertiary/aromatic N) is 1. The van der Waals surface area contributed by atoms with E-state index in [-0.39, 0.29) is 30.0 Å². The molecule has 1 atom stereocenters. The van der Waals surface area contributed by atoms with Crippen molar-refractivity contribution in [1.82, 2.24) is 4.90 Å². The minimum Gasteiger partial charge on any atom is -0.502 e. The van der Waals surface area contributed by atoms with E-state index in [0.717, 1.165) is 25.9 Å². The summed E-state index contributed by atoms with van der Waals surface area (Å²) >= 11 is 0. The van der Waals surface area contributed by atoms with Crippen LogP contribution in [0, 0.1) is 5.92 Å². The number of hydrogen-bond acceptors (Lipinski definition) is 6. The molecule has 6 nitrogen and oxygen atoms in total. The van der Waals surface area contributed by atoms with Crippen LogP contribution in [-0.2, 0) is 16.1 Å². The van der Waals surface area contributed by atoms with Crippen molar-refractivity contribution in [2.45, 2.75) is 58.4 Å². The minimum atomic E-state index is -0.452. The Morgan fingerprint density at radius 1 is 1.32 bits per heavy atom. The Morgan fingerprint density at radius 3 is 2.60 bits per heavy atom. The van der Waals surface area contributed by atoms with Gasteiger partial charge in [-0.3, -0.25) is 14.5 Å². The van der Waals surface area contributed by atoms with Crippen molar-refractivity contribution in [2.24, 2.45) is 5.92 Å². The molecule has 0 radical (unpaired) electrons. The lowest BCUT2D eigenvalue weighted by molar-refractivity contribution is -0.141. The molecule has 1 aliphatic heterocycles. The van der Waals surface area contributed by atoms with Gasteiger partial charge in [0.1, 0.15) is 5.76 Å². The first-order valence-corrected chi connectivity index (χ1v) is 9.05. The number of likely N-dealkylation sites (tertiary alicyclic amines) is 1. The van der Waals surface area contributed by atoms with E-state index in [1.807, 2.05) is 13.8 Å². The fourth-order valence-corrected chi connectivity index (χ4v) is 3.38. The van der Waals surface area contributed by atoms with E-state index in [4.69, 9.17) is 9.15 Å². The SMILES string of the molecule is COC(=O)C[C@H](CC(C)C)c1oc(CN2CCCCC2)cc(=O)c1O. The summed E-state index contributed by atoms with van der Waals surface area (Å²) in [6.07, 6.45) is 4.23. The first-order chi connectivity index (χ1) is 11.9. The van der Waals surface area contributed by atoms with Gasteiger partial charge in [-0.1, -0.05) is 20.3 Å². The van der Waals surface area contributed by atoms with Gasteiger partial charge in [0.05, 0.1) is 20.1 Å². The molecule has 0 saturated carbocycles. The molecule has 1 aliphatic rings. The standard InChI is InChI=1S/C19H29NO5/c1-13(2)9-14(10-17(22)24-3)19-18(23)16(21)11-15(25-19)12-20-7-5-4-6-8-20/h11,13-14,23H,4-10,12H2,1-3H3/t14-/m0/s1. The first kappa shape index (κ1) is 19.5. The van der Waals surface area contributed by atoms with Crippen LogP contribution >= 0.6 is 0 Å². The molecule has 0 spiro atoms. The van der Waals surface area contributed by atoms with Gasteiger partial charge in [0, 0.05) is 12.0 Å². The van der Waals surface area contributed by atoms with E-state index < -0.39 is 11.2 Å². The zero-order valence-corrected chi connectivity index (χ0v) is 15.4. The van der Waals surface area contributed by atoms with Crippen LogP contribution in [0.2, 0.25) is 0 Å². The molecule has 0 amide bonds. The Labute approximate surface area is 148 Å². The summed E-state index contributed by atoms with van der Waals surface area (Å²) < 4.78 is 10.7. The summed E-state index contributed by atoms with van der Waals surface area (Å²) in [4.78, 5) is 26.2. The highest BCUT2D eigenvalue weighted by atomic mass is 16.5. The Bertz CT molecular complexity index is 631. The molecule has 1 saturated heterocycles. The van der Waals surface area contributed by atoms with Crippen molar-refractivity contribution < 1.29 is 19.1 Å². The third-order valence-electron chi connectivity index (χ3n) is 4.60. The average Bonchev–Trinajstić information content (AvgIpc) is 2.57. The maximum absolute atomic E-state index is 12.2. The third-order valence-corrected chi connectivity index (χ3v) is 4.60. The second-order valence-corrected chi connectivity index (χ2v) is 7.23. The Morgan fingerprint density at radius 2 is 2.00 bits per heavy atom. The lowest BCUT2D eigenvalue weighted by Crippen LogP contribution is -2.29. The van der Waals surface area contributed by atoms with E-state index in [0.29, 0.717) is 18.7 Å². The molecule has 0 aliphatic carbocycles. The molecule has 0 unspecified atom stereocenters. The maximum Gasteiger partial charge on any atom is 0.306 e. The molecule has 1 N–H and O–H groups in total. The fourth-order valence-electron chi connectivity index (χ4n) is 3.38. The predicted octanol–water partition coefficient (Wildman–Crippen LogP) is 3.02. The van der Waals surface area contributed by atoms with E-state index in [1.165, 1.54) is 19.6 Å². The number of carbonyl (C=O) groups is 1. The summed E-state index contributed by atoms with van der Waals surface area (Å²) in [5, 5.41) is 10.2. The predicted molar refractivity (Wildman–Crippen MR) is 94.6 cm³/mol. The van der Waals surface area contributed by atoms with Gasteiger partial charge in [-0.2, -0.15) is 0 Å². The summed E-state index contributed by atoms with van der Waals surface area (Å²) in [6, 6.07) is 1.36. The molecule has 140 valence electrons. The smallest absolute Gasteiger partial charge is 0.306 e. The van der Waals surface area contributed by atoms with Crippen molar-refractivity contribution in [2.75, 3.05) is 20.2 Å². The van der Waals surface area contributed by atoms with Crippen LogP contribution in [0.15, 0.2) is 15.3 Å². The summed E-state index contributed by atoms with van der Waals surface area (Å²) in [5.41, 5.74) is -0.452. The van der Waals surface area contributed by atoms with Crippen molar-refractivity contribution in [3.8, 4) is 5.75 Å². The van der Waals surface area contributed by atoms with Gasteiger partial charge in [0.25, 0.3) is 0 Å². The Hall–Kier alpha value is -1.82. The third kappa shape index (κ3) is 5.59. The van der Waals surface area contributed by atoms with Crippen LogP contribution < -0.4 is 5.43 Å². The molecule has 0 bridgehead atoms. The van der Waals surface area contributed by atoms with Crippen molar-refractivity contribution in [3.63, 3.8) is 0 Å². The molecule has 1 aromatic heterocycles. The topological polar surface area (TPSA) is 80.0 Å². The molecule has 1 fully saturated rings. The number of hydrogen-bond donors (Lipinski definition) is 1. The average molecular weight is 351 g/mol. The van der Waals surface area contributed by atoms with Crippen LogP contribution in [-0.4, -0.2) is 36.2 Å². The fraction of sp³-hybridized carbons (Fsp3) is 0.684. The molecule has 6 heteroatoms. The number of carbonyl (C=O) groups excluding carboxylic acids is 1. The molecule has 2 heterocycles. The quantitative estimate of drug-likeness (QED) is 0.761. The normalized spacial score (nSPS) is 16.8. The van der Waals surface area contributed by atoms with Gasteiger partial charge in [-0.25, -0.2) is 0 Å². The van der Waals surface area contributed by atoms with E-state index in [1.54, 1.807) is 0 Å². The van der Waals surface area contributed by atoms with Crippen LogP contribution in [0.25, 0.3) is 0 Å². The summed E-state index contributed by atoms with van der Waals surface area (Å²) in [7, 11) is 1.33. The summed E-state index contributed by atoms with van der Waals surface area (Å²) in [6.45, 7) is 6.57. The summed E-state index contributed by atoms with van der Waals surface area (Å²) in [5.74, 6) is -0.116. The number of rotatable bonds is 7. The van der Waals surface area contributed by atoms with E-state index >= 15 is 0 Å². The number of ether oxygens (including phenoxy) is 1. The first-order valence-electron chi connectivity index (χ1n) is 9.05. The van der Waals surface area contributed by atoms with Gasteiger partial charge >= 0.3 is 5.97 Å². The maximum atomic E-state index is 12.2. The molecular weight excluding hydrogens is 322 g/mol. The van der Waals surface area contributed by atoms with Crippen LogP contribution in [0.1, 0.15) is 63.4 Å². The molecule has 0 aromatic carbocycles. The van der Waals surface area contributed by atoms with Gasteiger partial charge < -0.3 is 14.3 Å². The van der Waals surface area contributed by atoms with Gasteiger partial charge in [0.2, 0.25) is 11.2 Å². The molecule has 1 aromatic rings. The number of methoxy groups -OCH3 is 1. The van der Waals surface area contributed by atoms with E-state index in [2.05, 4.69) is 4.90 Å². The van der Waals surface area contributed by atoms with Crippen molar-refractivity contribution >= 4 is 5.97 Å². The zero-order valence-electron chi connectivity index (χ0n) is 15.4. The van der Waals surface area contributed by atoms with E-state index in [9.17, 15) is 14.7 Å². The van der Waals surface area contributed by atoms with Crippen LogP contribution in [0.4, 0.5) is 0 Å². The van der Waals surface area contributed by atoms with Gasteiger partial charge in [-0.05, 0) is 38.3 Å². The van der Waals surface area contributed by atoms with Crippen LogP contribution in [0.3, 0.4) is 0 Å². The zero-order chi connectivity index (χ0) is 18.4. The highest BCUT2D eigenvalue weighted by Gasteiger charge is 2.26. The van der Waals surface area contributed by atoms with Crippen molar-refractivity contribution in [1.29, 1.82) is 0 Å². The highest BCUT2D eigenvalue weighted by molar-refractivity contribution is 5.70. The van der Waals surface area contributed by atoms with Gasteiger partial charge in [0.15, 0.2) is 5.76 Å². The largest absolute Gasteiger partial charge is 0.502 e. The monoisotopic (exact) mass is 351 g/mol. The van der Waals surface area contributed by atoms with Gasteiger partial charge in [-0.15, -0.1) is 0 Å². The minimum absolute atomic E-state index is 0.0817. The lowest BCUT2D eigenvalue weighted by atomic mass is 9.91. The molecular formula is C19H29NO5. The van der Waals surface area contributed by atoms with Crippen LogP contribution in [0.5, 0.6) is 5.75 Å². The molecule has 2 rings (SSSR count). The number of piperidine rings is 1. The highest BCUT2D eigenvalue weighted by Crippen LogP contribution is 2.32. The second kappa shape index (κ2) is 9.04. The second-order valence-electron chi connectivity index (χ2n) is 7.23. The lowest BCUT2D eigenvalue weighted by Gasteiger charge is -2.26. The number of esters is 1. The molecule has 25 heavy (non-hydrogen) atoms. The van der Waals surface area contributed by atoms with Crippen molar-refractivity contribution in [3.05, 3.63) is 27.8 Å². The Balaban J connectivity index is 2.28. The number of aromatic hydroxyl groups is 1.